The average molecular weight is 247 g/mol. The van der Waals surface area contributed by atoms with Gasteiger partial charge in [0.05, 0.1) is 0 Å². The monoisotopic (exact) mass is 247 g/mol. The van der Waals surface area contributed by atoms with Gasteiger partial charge in [0, 0.05) is 5.75 Å². The average Bonchev–Trinajstić information content (AvgIpc) is 2.26. The number of unbranched alkanes of at least 4 members (excludes halogenated alkanes) is 6. The van der Waals surface area contributed by atoms with Crippen LogP contribution in [-0.2, 0) is 4.79 Å². The molecule has 3 N–H and O–H groups in total. The minimum atomic E-state index is -0.896. The van der Waals surface area contributed by atoms with Gasteiger partial charge in [0.15, 0.2) is 0 Å². The van der Waals surface area contributed by atoms with Crippen LogP contribution in [0.4, 0.5) is 0 Å². The van der Waals surface area contributed by atoms with E-state index in [4.69, 9.17) is 10.8 Å². The molecule has 0 aliphatic carbocycles. The number of hydrogen-bond acceptors (Lipinski definition) is 3. The Kier molecular flexibility index (Phi) is 11.1. The lowest BCUT2D eigenvalue weighted by Gasteiger charge is -2.05. The van der Waals surface area contributed by atoms with Crippen LogP contribution in [0.5, 0.6) is 0 Å². The minimum absolute atomic E-state index is 0.533. The second-order valence-corrected chi connectivity index (χ2v) is 5.29. The number of aliphatic carboxylic acids is 1. The molecule has 4 heteroatoms. The Morgan fingerprint density at radius 3 is 2.31 bits per heavy atom. The summed E-state index contributed by atoms with van der Waals surface area (Å²) in [7, 11) is 0. The standard InChI is InChI=1S/C12H25NO2S/c1-2-3-4-5-6-7-8-9-16-10-11(13)12(14)15/h11H,2-10,13H2,1H3,(H,14,15)/t11-/m0/s1. The summed E-state index contributed by atoms with van der Waals surface area (Å²) in [5.41, 5.74) is 5.39. The maximum atomic E-state index is 10.4. The zero-order chi connectivity index (χ0) is 12.2. The van der Waals surface area contributed by atoms with Crippen molar-refractivity contribution in [1.82, 2.24) is 0 Å². The van der Waals surface area contributed by atoms with Crippen molar-refractivity contribution in [3.05, 3.63) is 0 Å². The molecule has 16 heavy (non-hydrogen) atoms. The molecule has 0 aromatic carbocycles. The summed E-state index contributed by atoms with van der Waals surface area (Å²) in [6.07, 6.45) is 9.10. The van der Waals surface area contributed by atoms with Crippen LogP contribution >= 0.6 is 11.8 Å². The number of thioether (sulfide) groups is 1. The van der Waals surface area contributed by atoms with Crippen LogP contribution < -0.4 is 5.73 Å². The maximum Gasteiger partial charge on any atom is 0.321 e. The fourth-order valence-corrected chi connectivity index (χ4v) is 2.41. The van der Waals surface area contributed by atoms with Gasteiger partial charge in [0.25, 0.3) is 0 Å². The lowest BCUT2D eigenvalue weighted by atomic mass is 10.1. The molecule has 3 nitrogen and oxygen atoms in total. The quantitative estimate of drug-likeness (QED) is 0.551. The molecule has 0 amide bonds. The van der Waals surface area contributed by atoms with E-state index in [0.717, 1.165) is 5.75 Å². The molecule has 0 aromatic rings. The van der Waals surface area contributed by atoms with Crippen molar-refractivity contribution in [2.75, 3.05) is 11.5 Å². The van der Waals surface area contributed by atoms with Crippen molar-refractivity contribution in [1.29, 1.82) is 0 Å². The third kappa shape index (κ3) is 10.3. The van der Waals surface area contributed by atoms with Crippen molar-refractivity contribution < 1.29 is 9.90 Å². The van der Waals surface area contributed by atoms with Gasteiger partial charge in [-0.15, -0.1) is 0 Å². The SMILES string of the molecule is CCCCCCCCCSC[C@H](N)C(=O)O. The van der Waals surface area contributed by atoms with Crippen molar-refractivity contribution >= 4 is 17.7 Å². The topological polar surface area (TPSA) is 63.3 Å². The fraction of sp³-hybridized carbons (Fsp3) is 0.917. The van der Waals surface area contributed by atoms with E-state index in [1.165, 1.54) is 44.9 Å². The molecule has 96 valence electrons. The van der Waals surface area contributed by atoms with E-state index in [2.05, 4.69) is 6.92 Å². The summed E-state index contributed by atoms with van der Waals surface area (Å²) in [6.45, 7) is 2.22. The molecule has 0 fully saturated rings. The van der Waals surface area contributed by atoms with Crippen LogP contribution in [0.15, 0.2) is 0 Å². The minimum Gasteiger partial charge on any atom is -0.480 e. The number of rotatable bonds is 11. The Hall–Kier alpha value is -0.220. The Morgan fingerprint density at radius 1 is 1.19 bits per heavy atom. The van der Waals surface area contributed by atoms with Gasteiger partial charge in [0.2, 0.25) is 0 Å². The second kappa shape index (κ2) is 11.3. The highest BCUT2D eigenvalue weighted by atomic mass is 32.2. The summed E-state index contributed by atoms with van der Waals surface area (Å²) in [6, 6.07) is -0.699. The van der Waals surface area contributed by atoms with Crippen molar-refractivity contribution in [2.45, 2.75) is 57.9 Å². The Morgan fingerprint density at radius 2 is 1.75 bits per heavy atom. The highest BCUT2D eigenvalue weighted by Gasteiger charge is 2.10. The van der Waals surface area contributed by atoms with E-state index in [1.54, 1.807) is 11.8 Å². The highest BCUT2D eigenvalue weighted by Crippen LogP contribution is 2.10. The fourth-order valence-electron chi connectivity index (χ4n) is 1.44. The van der Waals surface area contributed by atoms with Gasteiger partial charge >= 0.3 is 5.97 Å². The first kappa shape index (κ1) is 15.8. The van der Waals surface area contributed by atoms with Gasteiger partial charge in [-0.2, -0.15) is 11.8 Å². The van der Waals surface area contributed by atoms with Crippen LogP contribution in [0.3, 0.4) is 0 Å². The van der Waals surface area contributed by atoms with Gasteiger partial charge in [-0.25, -0.2) is 0 Å². The molecule has 0 radical (unpaired) electrons. The number of carboxylic acid groups (broad SMARTS) is 1. The molecule has 0 saturated heterocycles. The van der Waals surface area contributed by atoms with Gasteiger partial charge in [0.1, 0.15) is 6.04 Å². The van der Waals surface area contributed by atoms with Crippen LogP contribution in [0, 0.1) is 0 Å². The first-order valence-corrected chi connectivity index (χ1v) is 7.40. The van der Waals surface area contributed by atoms with Gasteiger partial charge in [-0.05, 0) is 12.2 Å². The molecule has 0 unspecified atom stereocenters. The first-order valence-electron chi connectivity index (χ1n) is 6.24. The lowest BCUT2D eigenvalue weighted by molar-refractivity contribution is -0.137. The molecule has 0 spiro atoms. The van der Waals surface area contributed by atoms with Gasteiger partial charge < -0.3 is 10.8 Å². The molecular weight excluding hydrogens is 222 g/mol. The molecule has 0 aromatic heterocycles. The Balaban J connectivity index is 3.07. The normalized spacial score (nSPS) is 12.6. The summed E-state index contributed by atoms with van der Waals surface area (Å²) in [4.78, 5) is 10.4. The first-order chi connectivity index (χ1) is 7.68. The van der Waals surface area contributed by atoms with Crippen LogP contribution in [0.1, 0.15) is 51.9 Å². The molecule has 0 bridgehead atoms. The zero-order valence-electron chi connectivity index (χ0n) is 10.3. The summed E-state index contributed by atoms with van der Waals surface area (Å²) in [5.74, 6) is 0.673. The molecule has 0 heterocycles. The molecule has 1 atom stereocenters. The molecule has 0 rings (SSSR count). The van der Waals surface area contributed by atoms with E-state index in [9.17, 15) is 4.79 Å². The predicted molar refractivity (Wildman–Crippen MR) is 70.9 cm³/mol. The van der Waals surface area contributed by atoms with E-state index in [0.29, 0.717) is 5.75 Å². The number of nitrogens with two attached hydrogens (primary N) is 1. The van der Waals surface area contributed by atoms with E-state index >= 15 is 0 Å². The number of carbonyl (C=O) groups is 1. The molecule has 0 saturated carbocycles. The van der Waals surface area contributed by atoms with E-state index < -0.39 is 12.0 Å². The molecule has 0 aliphatic heterocycles. The third-order valence-electron chi connectivity index (χ3n) is 2.51. The third-order valence-corrected chi connectivity index (χ3v) is 3.68. The summed E-state index contributed by atoms with van der Waals surface area (Å²) < 4.78 is 0. The van der Waals surface area contributed by atoms with Crippen LogP contribution in [-0.4, -0.2) is 28.6 Å². The Labute approximate surface area is 103 Å². The molecular formula is C12H25NO2S. The van der Waals surface area contributed by atoms with Crippen LogP contribution in [0.25, 0.3) is 0 Å². The van der Waals surface area contributed by atoms with Gasteiger partial charge in [-0.1, -0.05) is 45.4 Å². The zero-order valence-corrected chi connectivity index (χ0v) is 11.1. The number of hydrogen-bond donors (Lipinski definition) is 2. The van der Waals surface area contributed by atoms with Crippen molar-refractivity contribution in [2.24, 2.45) is 5.73 Å². The number of carboxylic acids is 1. The van der Waals surface area contributed by atoms with Crippen molar-refractivity contribution in [3.63, 3.8) is 0 Å². The van der Waals surface area contributed by atoms with Gasteiger partial charge in [-0.3, -0.25) is 4.79 Å². The summed E-state index contributed by atoms with van der Waals surface area (Å²) in [5, 5.41) is 8.57. The lowest BCUT2D eigenvalue weighted by Crippen LogP contribution is -2.32. The largest absolute Gasteiger partial charge is 0.480 e. The maximum absolute atomic E-state index is 10.4. The van der Waals surface area contributed by atoms with E-state index in [1.807, 2.05) is 0 Å². The summed E-state index contributed by atoms with van der Waals surface area (Å²) >= 11 is 1.65. The predicted octanol–water partition coefficient (Wildman–Crippen LogP) is 2.88. The second-order valence-electron chi connectivity index (χ2n) is 4.14. The van der Waals surface area contributed by atoms with E-state index in [-0.39, 0.29) is 0 Å². The van der Waals surface area contributed by atoms with Crippen molar-refractivity contribution in [3.8, 4) is 0 Å². The Bertz CT molecular complexity index is 176. The highest BCUT2D eigenvalue weighted by molar-refractivity contribution is 7.99. The van der Waals surface area contributed by atoms with Crippen LogP contribution in [0.2, 0.25) is 0 Å². The smallest absolute Gasteiger partial charge is 0.321 e. The molecule has 0 aliphatic rings.